The zero-order chi connectivity index (χ0) is 18.4. The van der Waals surface area contributed by atoms with E-state index >= 15 is 0 Å². The SMILES string of the molecule is CN=C(NCCc1c(C)noc1C)NCc1coc(-c2ccccc2)n1. The van der Waals surface area contributed by atoms with Crippen LogP contribution in [-0.4, -0.2) is 29.7 Å². The first kappa shape index (κ1) is 17.7. The highest BCUT2D eigenvalue weighted by Gasteiger charge is 2.09. The third-order valence-electron chi connectivity index (χ3n) is 4.08. The summed E-state index contributed by atoms with van der Waals surface area (Å²) in [7, 11) is 1.74. The first-order valence-electron chi connectivity index (χ1n) is 8.53. The predicted octanol–water partition coefficient (Wildman–Crippen LogP) is 2.85. The Morgan fingerprint density at radius 2 is 1.96 bits per heavy atom. The van der Waals surface area contributed by atoms with Crippen molar-refractivity contribution in [3.63, 3.8) is 0 Å². The standard InChI is InChI=1S/C19H23N5O2/c1-13-17(14(2)26-24-13)9-10-21-19(20-3)22-11-16-12-25-18(23-16)15-7-5-4-6-8-15/h4-8,12H,9-11H2,1-3H3,(H2,20,21,22). The maximum absolute atomic E-state index is 5.54. The zero-order valence-electron chi connectivity index (χ0n) is 15.2. The van der Waals surface area contributed by atoms with Gasteiger partial charge in [0.15, 0.2) is 5.96 Å². The number of oxazole rings is 1. The van der Waals surface area contributed by atoms with Gasteiger partial charge in [0, 0.05) is 24.7 Å². The summed E-state index contributed by atoms with van der Waals surface area (Å²) in [5.41, 5.74) is 3.85. The Hall–Kier alpha value is -3.09. The van der Waals surface area contributed by atoms with E-state index in [1.54, 1.807) is 13.3 Å². The molecule has 2 N–H and O–H groups in total. The van der Waals surface area contributed by atoms with Gasteiger partial charge in [0.2, 0.25) is 5.89 Å². The van der Waals surface area contributed by atoms with Crippen molar-refractivity contribution in [1.82, 2.24) is 20.8 Å². The number of aryl methyl sites for hydroxylation is 2. The van der Waals surface area contributed by atoms with Crippen molar-refractivity contribution >= 4 is 5.96 Å². The monoisotopic (exact) mass is 353 g/mol. The molecule has 0 fully saturated rings. The molecule has 3 aromatic rings. The van der Waals surface area contributed by atoms with Crippen molar-refractivity contribution in [1.29, 1.82) is 0 Å². The molecule has 0 spiro atoms. The molecule has 2 heterocycles. The van der Waals surface area contributed by atoms with Gasteiger partial charge in [0.1, 0.15) is 12.0 Å². The molecule has 26 heavy (non-hydrogen) atoms. The predicted molar refractivity (Wildman–Crippen MR) is 99.8 cm³/mol. The van der Waals surface area contributed by atoms with Gasteiger partial charge in [-0.15, -0.1) is 0 Å². The highest BCUT2D eigenvalue weighted by Crippen LogP contribution is 2.17. The van der Waals surface area contributed by atoms with E-state index < -0.39 is 0 Å². The first-order chi connectivity index (χ1) is 12.7. The van der Waals surface area contributed by atoms with Gasteiger partial charge < -0.3 is 19.6 Å². The van der Waals surface area contributed by atoms with Gasteiger partial charge >= 0.3 is 0 Å². The van der Waals surface area contributed by atoms with Gasteiger partial charge in [-0.05, 0) is 32.4 Å². The molecule has 136 valence electrons. The van der Waals surface area contributed by atoms with Crippen LogP contribution in [-0.2, 0) is 13.0 Å². The van der Waals surface area contributed by atoms with Crippen LogP contribution in [0.3, 0.4) is 0 Å². The Balaban J connectivity index is 1.49. The first-order valence-corrected chi connectivity index (χ1v) is 8.53. The summed E-state index contributed by atoms with van der Waals surface area (Å²) in [6.07, 6.45) is 2.48. The van der Waals surface area contributed by atoms with Crippen LogP contribution >= 0.6 is 0 Å². The van der Waals surface area contributed by atoms with Crippen LogP contribution < -0.4 is 10.6 Å². The highest BCUT2D eigenvalue weighted by atomic mass is 16.5. The number of aromatic nitrogens is 2. The molecular weight excluding hydrogens is 330 g/mol. The Labute approximate surface area is 152 Å². The van der Waals surface area contributed by atoms with E-state index in [-0.39, 0.29) is 0 Å². The quantitative estimate of drug-likeness (QED) is 0.523. The van der Waals surface area contributed by atoms with E-state index in [1.807, 2.05) is 44.2 Å². The fraction of sp³-hybridized carbons (Fsp3) is 0.316. The number of benzene rings is 1. The molecule has 0 bridgehead atoms. The molecule has 0 saturated heterocycles. The molecule has 7 heteroatoms. The second kappa shape index (κ2) is 8.33. The highest BCUT2D eigenvalue weighted by molar-refractivity contribution is 5.79. The molecule has 0 amide bonds. The average Bonchev–Trinajstić information content (AvgIpc) is 3.26. The van der Waals surface area contributed by atoms with Crippen molar-refractivity contribution in [3.05, 3.63) is 59.3 Å². The van der Waals surface area contributed by atoms with E-state index in [1.165, 1.54) is 0 Å². The Bertz CT molecular complexity index is 848. The van der Waals surface area contributed by atoms with E-state index in [0.29, 0.717) is 18.4 Å². The lowest BCUT2D eigenvalue weighted by Gasteiger charge is -2.10. The van der Waals surface area contributed by atoms with E-state index in [4.69, 9.17) is 8.94 Å². The molecule has 3 rings (SSSR count). The second-order valence-corrected chi connectivity index (χ2v) is 5.92. The topological polar surface area (TPSA) is 88.5 Å². The third-order valence-corrected chi connectivity index (χ3v) is 4.08. The summed E-state index contributed by atoms with van der Waals surface area (Å²) in [6, 6.07) is 9.83. The number of rotatable bonds is 6. The van der Waals surface area contributed by atoms with Gasteiger partial charge in [-0.2, -0.15) is 0 Å². The summed E-state index contributed by atoms with van der Waals surface area (Å²) in [5.74, 6) is 2.19. The molecule has 0 aliphatic rings. The minimum atomic E-state index is 0.529. The summed E-state index contributed by atoms with van der Waals surface area (Å²) in [4.78, 5) is 8.73. The van der Waals surface area contributed by atoms with Crippen LogP contribution in [0.5, 0.6) is 0 Å². The summed E-state index contributed by atoms with van der Waals surface area (Å²) in [6.45, 7) is 5.14. The summed E-state index contributed by atoms with van der Waals surface area (Å²) in [5, 5.41) is 10.5. The summed E-state index contributed by atoms with van der Waals surface area (Å²) < 4.78 is 10.7. The fourth-order valence-electron chi connectivity index (χ4n) is 2.66. The largest absolute Gasteiger partial charge is 0.444 e. The minimum Gasteiger partial charge on any atom is -0.444 e. The molecule has 7 nitrogen and oxygen atoms in total. The number of nitrogens with one attached hydrogen (secondary N) is 2. The molecule has 0 unspecified atom stereocenters. The molecule has 0 radical (unpaired) electrons. The van der Waals surface area contributed by atoms with Gasteiger partial charge in [0.25, 0.3) is 0 Å². The van der Waals surface area contributed by atoms with Crippen molar-refractivity contribution in [2.45, 2.75) is 26.8 Å². The number of hydrogen-bond donors (Lipinski definition) is 2. The van der Waals surface area contributed by atoms with E-state index in [0.717, 1.165) is 41.2 Å². The van der Waals surface area contributed by atoms with Crippen LogP contribution in [0.4, 0.5) is 0 Å². The molecule has 0 aliphatic carbocycles. The maximum atomic E-state index is 5.54. The molecule has 0 aliphatic heterocycles. The van der Waals surface area contributed by atoms with Gasteiger partial charge in [0.05, 0.1) is 17.9 Å². The Morgan fingerprint density at radius 1 is 1.15 bits per heavy atom. The van der Waals surface area contributed by atoms with E-state index in [2.05, 4.69) is 25.8 Å². The zero-order valence-corrected chi connectivity index (χ0v) is 15.2. The van der Waals surface area contributed by atoms with Crippen molar-refractivity contribution in [2.75, 3.05) is 13.6 Å². The second-order valence-electron chi connectivity index (χ2n) is 5.92. The van der Waals surface area contributed by atoms with Crippen molar-refractivity contribution in [3.8, 4) is 11.5 Å². The lowest BCUT2D eigenvalue weighted by atomic mass is 10.1. The van der Waals surface area contributed by atoms with Gasteiger partial charge in [-0.1, -0.05) is 23.4 Å². The minimum absolute atomic E-state index is 0.529. The van der Waals surface area contributed by atoms with Crippen molar-refractivity contribution < 1.29 is 8.94 Å². The average molecular weight is 353 g/mol. The number of nitrogens with zero attached hydrogens (tertiary/aromatic N) is 3. The summed E-state index contributed by atoms with van der Waals surface area (Å²) >= 11 is 0. The third kappa shape index (κ3) is 4.30. The fourth-order valence-corrected chi connectivity index (χ4v) is 2.66. The van der Waals surface area contributed by atoms with Crippen LogP contribution in [0.1, 0.15) is 22.7 Å². The van der Waals surface area contributed by atoms with Crippen LogP contribution in [0.2, 0.25) is 0 Å². The van der Waals surface area contributed by atoms with Gasteiger partial charge in [-0.3, -0.25) is 4.99 Å². The number of hydrogen-bond acceptors (Lipinski definition) is 5. The molecule has 1 aromatic carbocycles. The van der Waals surface area contributed by atoms with Crippen LogP contribution in [0, 0.1) is 13.8 Å². The Kier molecular flexibility index (Phi) is 5.68. The molecular formula is C19H23N5O2. The number of guanidine groups is 1. The van der Waals surface area contributed by atoms with Crippen molar-refractivity contribution in [2.24, 2.45) is 4.99 Å². The smallest absolute Gasteiger partial charge is 0.226 e. The molecule has 0 saturated carbocycles. The van der Waals surface area contributed by atoms with Crippen LogP contribution in [0.25, 0.3) is 11.5 Å². The number of aliphatic imine (C=N–C) groups is 1. The van der Waals surface area contributed by atoms with E-state index in [9.17, 15) is 0 Å². The van der Waals surface area contributed by atoms with Crippen LogP contribution in [0.15, 0.2) is 50.5 Å². The lowest BCUT2D eigenvalue weighted by Crippen LogP contribution is -2.38. The Morgan fingerprint density at radius 3 is 2.65 bits per heavy atom. The maximum Gasteiger partial charge on any atom is 0.226 e. The lowest BCUT2D eigenvalue weighted by molar-refractivity contribution is 0.392. The molecule has 2 aromatic heterocycles. The molecule has 0 atom stereocenters. The van der Waals surface area contributed by atoms with Gasteiger partial charge in [-0.25, -0.2) is 4.98 Å². The normalized spacial score (nSPS) is 11.6.